The Bertz CT molecular complexity index is 720. The van der Waals surface area contributed by atoms with Gasteiger partial charge in [0.15, 0.2) is 0 Å². The lowest BCUT2D eigenvalue weighted by Crippen LogP contribution is -2.50. The van der Waals surface area contributed by atoms with E-state index in [4.69, 9.17) is 9.47 Å². The summed E-state index contributed by atoms with van der Waals surface area (Å²) in [5.74, 6) is 0.962. The molecule has 2 N–H and O–H groups in total. The molecule has 0 atom stereocenters. The van der Waals surface area contributed by atoms with Gasteiger partial charge in [0.1, 0.15) is 12.4 Å². The molecule has 2 aromatic rings. The van der Waals surface area contributed by atoms with Crippen LogP contribution in [0.5, 0.6) is 5.75 Å². The Balaban J connectivity index is 1.44. The molecule has 0 bridgehead atoms. The second-order valence-corrected chi connectivity index (χ2v) is 7.39. The van der Waals surface area contributed by atoms with Crippen LogP contribution in [0.15, 0.2) is 54.6 Å². The van der Waals surface area contributed by atoms with Gasteiger partial charge in [-0.2, -0.15) is 0 Å². The van der Waals surface area contributed by atoms with Crippen molar-refractivity contribution in [3.8, 4) is 5.75 Å². The summed E-state index contributed by atoms with van der Waals surface area (Å²) in [5.41, 5.74) is 1.94. The van der Waals surface area contributed by atoms with Crippen LogP contribution < -0.4 is 15.4 Å². The molecule has 5 heteroatoms. The zero-order valence-corrected chi connectivity index (χ0v) is 16.6. The van der Waals surface area contributed by atoms with Crippen molar-refractivity contribution in [1.29, 1.82) is 0 Å². The monoisotopic (exact) mass is 382 g/mol. The van der Waals surface area contributed by atoms with E-state index in [0.29, 0.717) is 19.8 Å². The molecule has 0 aromatic heterocycles. The Kier molecular flexibility index (Phi) is 7.46. The third-order valence-corrected chi connectivity index (χ3v) is 5.33. The molecule has 0 radical (unpaired) electrons. The zero-order valence-electron chi connectivity index (χ0n) is 16.6. The smallest absolute Gasteiger partial charge is 0.228 e. The molecule has 1 aliphatic rings. The highest BCUT2D eigenvalue weighted by molar-refractivity contribution is 5.83. The lowest BCUT2D eigenvalue weighted by Gasteiger charge is -2.35. The maximum atomic E-state index is 12.7. The predicted octanol–water partition coefficient (Wildman–Crippen LogP) is 2.94. The molecule has 5 nitrogen and oxygen atoms in total. The first-order valence-corrected chi connectivity index (χ1v) is 9.95. The van der Waals surface area contributed by atoms with Crippen molar-refractivity contribution in [2.75, 3.05) is 33.4 Å². The highest BCUT2D eigenvalue weighted by atomic mass is 16.5. The molecular weight excluding hydrogens is 352 g/mol. The Morgan fingerprint density at radius 3 is 2.43 bits per heavy atom. The Labute approximate surface area is 167 Å². The first-order valence-electron chi connectivity index (χ1n) is 9.95. The van der Waals surface area contributed by atoms with Crippen molar-refractivity contribution in [2.24, 2.45) is 5.41 Å². The molecule has 1 heterocycles. The third kappa shape index (κ3) is 5.57. The summed E-state index contributed by atoms with van der Waals surface area (Å²) in [6, 6.07) is 18.2. The molecule has 0 unspecified atom stereocenters. The fourth-order valence-corrected chi connectivity index (χ4v) is 3.62. The first-order chi connectivity index (χ1) is 13.7. The summed E-state index contributed by atoms with van der Waals surface area (Å²) < 4.78 is 11.2. The van der Waals surface area contributed by atoms with Gasteiger partial charge in [-0.05, 0) is 55.6 Å². The predicted molar refractivity (Wildman–Crippen MR) is 110 cm³/mol. The van der Waals surface area contributed by atoms with E-state index >= 15 is 0 Å². The number of ether oxygens (including phenoxy) is 2. The van der Waals surface area contributed by atoms with Gasteiger partial charge in [0.2, 0.25) is 5.91 Å². The molecule has 1 saturated heterocycles. The van der Waals surface area contributed by atoms with E-state index in [2.05, 4.69) is 34.9 Å². The maximum Gasteiger partial charge on any atom is 0.228 e. The Morgan fingerprint density at radius 1 is 1.04 bits per heavy atom. The highest BCUT2D eigenvalue weighted by Gasteiger charge is 2.39. The van der Waals surface area contributed by atoms with Crippen molar-refractivity contribution < 1.29 is 14.3 Å². The number of hydrogen-bond donors (Lipinski definition) is 2. The van der Waals surface area contributed by atoms with Crippen LogP contribution in [0.1, 0.15) is 24.0 Å². The Morgan fingerprint density at radius 2 is 1.75 bits per heavy atom. The molecule has 0 aliphatic carbocycles. The fraction of sp³-hybridized carbons (Fsp3) is 0.435. The second kappa shape index (κ2) is 10.2. The summed E-state index contributed by atoms with van der Waals surface area (Å²) in [7, 11) is 1.67. The lowest BCUT2D eigenvalue weighted by molar-refractivity contribution is -0.136. The normalized spacial score (nSPS) is 15.8. The minimum absolute atomic E-state index is 0.110. The van der Waals surface area contributed by atoms with Gasteiger partial charge in [-0.3, -0.25) is 4.79 Å². The third-order valence-electron chi connectivity index (χ3n) is 5.33. The van der Waals surface area contributed by atoms with Crippen LogP contribution in [0.3, 0.4) is 0 Å². The van der Waals surface area contributed by atoms with E-state index in [1.165, 1.54) is 5.56 Å². The summed E-state index contributed by atoms with van der Waals surface area (Å²) in [5, 5.41) is 6.42. The summed E-state index contributed by atoms with van der Waals surface area (Å²) >= 11 is 0. The van der Waals surface area contributed by atoms with E-state index in [-0.39, 0.29) is 5.91 Å². The van der Waals surface area contributed by atoms with Gasteiger partial charge in [0, 0.05) is 13.7 Å². The molecule has 0 spiro atoms. The van der Waals surface area contributed by atoms with Crippen LogP contribution in [-0.4, -0.2) is 39.3 Å². The summed E-state index contributed by atoms with van der Waals surface area (Å²) in [6.07, 6.45) is 2.44. The van der Waals surface area contributed by atoms with Gasteiger partial charge in [0.05, 0.1) is 12.0 Å². The van der Waals surface area contributed by atoms with Crippen molar-refractivity contribution in [3.05, 3.63) is 65.7 Å². The topological polar surface area (TPSA) is 59.6 Å². The van der Waals surface area contributed by atoms with Crippen LogP contribution in [0, 0.1) is 5.41 Å². The number of benzene rings is 2. The first kappa shape index (κ1) is 20.4. The molecule has 0 saturated carbocycles. The number of piperidine rings is 1. The number of nitrogens with one attached hydrogen (secondary N) is 2. The number of carbonyl (C=O) groups excluding carboxylic acids is 1. The van der Waals surface area contributed by atoms with E-state index in [1.54, 1.807) is 7.11 Å². The van der Waals surface area contributed by atoms with Gasteiger partial charge >= 0.3 is 0 Å². The van der Waals surface area contributed by atoms with Crippen LogP contribution >= 0.6 is 0 Å². The molecule has 1 fully saturated rings. The zero-order chi connectivity index (χ0) is 19.7. The standard InChI is InChI=1S/C23H30N2O3/c1-27-18-23(12-15-24-16-13-23)22(26)25-14-11-19-7-9-21(10-8-19)28-17-20-5-3-2-4-6-20/h2-10,24H,11-18H2,1H3,(H,25,26). The van der Waals surface area contributed by atoms with E-state index in [1.807, 2.05) is 30.3 Å². The molecule has 2 aromatic carbocycles. The van der Waals surface area contributed by atoms with Crippen LogP contribution in [-0.2, 0) is 22.6 Å². The minimum Gasteiger partial charge on any atom is -0.489 e. The highest BCUT2D eigenvalue weighted by Crippen LogP contribution is 2.29. The minimum atomic E-state index is -0.394. The summed E-state index contributed by atoms with van der Waals surface area (Å²) in [6.45, 7) is 3.39. The van der Waals surface area contributed by atoms with Gasteiger partial charge in [-0.1, -0.05) is 42.5 Å². The second-order valence-electron chi connectivity index (χ2n) is 7.39. The van der Waals surface area contributed by atoms with Gasteiger partial charge in [0.25, 0.3) is 0 Å². The number of amides is 1. The van der Waals surface area contributed by atoms with E-state index < -0.39 is 5.41 Å². The molecule has 1 aliphatic heterocycles. The summed E-state index contributed by atoms with van der Waals surface area (Å²) in [4.78, 5) is 12.7. The fourth-order valence-electron chi connectivity index (χ4n) is 3.62. The molecule has 150 valence electrons. The molecule has 28 heavy (non-hydrogen) atoms. The molecule has 3 rings (SSSR count). The SMILES string of the molecule is COCC1(C(=O)NCCc2ccc(OCc3ccccc3)cc2)CCNCC1. The number of methoxy groups -OCH3 is 1. The number of rotatable bonds is 9. The van der Waals surface area contributed by atoms with E-state index in [9.17, 15) is 4.79 Å². The maximum absolute atomic E-state index is 12.7. The van der Waals surface area contributed by atoms with Crippen LogP contribution in [0.2, 0.25) is 0 Å². The quantitative estimate of drug-likeness (QED) is 0.700. The number of hydrogen-bond acceptors (Lipinski definition) is 4. The lowest BCUT2D eigenvalue weighted by atomic mass is 9.78. The van der Waals surface area contributed by atoms with Crippen molar-refractivity contribution in [2.45, 2.75) is 25.9 Å². The van der Waals surface area contributed by atoms with Crippen molar-refractivity contribution in [3.63, 3.8) is 0 Å². The Hall–Kier alpha value is -2.37. The number of carbonyl (C=O) groups is 1. The van der Waals surface area contributed by atoms with Crippen LogP contribution in [0.4, 0.5) is 0 Å². The average molecular weight is 383 g/mol. The van der Waals surface area contributed by atoms with Gasteiger partial charge in [-0.15, -0.1) is 0 Å². The molecular formula is C23H30N2O3. The molecule has 1 amide bonds. The van der Waals surface area contributed by atoms with Crippen molar-refractivity contribution in [1.82, 2.24) is 10.6 Å². The van der Waals surface area contributed by atoms with Crippen molar-refractivity contribution >= 4 is 5.91 Å². The van der Waals surface area contributed by atoms with E-state index in [0.717, 1.165) is 43.7 Å². The van der Waals surface area contributed by atoms with Gasteiger partial charge in [-0.25, -0.2) is 0 Å². The largest absolute Gasteiger partial charge is 0.489 e. The van der Waals surface area contributed by atoms with Gasteiger partial charge < -0.3 is 20.1 Å². The van der Waals surface area contributed by atoms with Crippen LogP contribution in [0.25, 0.3) is 0 Å². The average Bonchev–Trinajstić information content (AvgIpc) is 2.75.